The number of rotatable bonds is 3. The summed E-state index contributed by atoms with van der Waals surface area (Å²) in [6, 6.07) is 13.2. The first-order chi connectivity index (χ1) is 12.3. The minimum Gasteiger partial charge on any atom is -0.345 e. The van der Waals surface area contributed by atoms with Gasteiger partial charge in [0.05, 0.1) is 6.04 Å². The van der Waals surface area contributed by atoms with Crippen LogP contribution in [0.2, 0.25) is 0 Å². The molecule has 5 nitrogen and oxygen atoms in total. The van der Waals surface area contributed by atoms with Gasteiger partial charge in [-0.15, -0.1) is 0 Å². The lowest BCUT2D eigenvalue weighted by Gasteiger charge is -2.20. The summed E-state index contributed by atoms with van der Waals surface area (Å²) >= 11 is 0. The minimum atomic E-state index is -0.423. The molecule has 0 bridgehead atoms. The molecular formula is C21H23N3O2. The maximum Gasteiger partial charge on any atom is 0.270 e. The van der Waals surface area contributed by atoms with Gasteiger partial charge in [0, 0.05) is 12.4 Å². The van der Waals surface area contributed by atoms with Gasteiger partial charge in [-0.3, -0.25) is 14.0 Å². The van der Waals surface area contributed by atoms with Gasteiger partial charge >= 0.3 is 0 Å². The number of fused-ring (bicyclic) bond motifs is 1. The second kappa shape index (κ2) is 6.75. The minimum absolute atomic E-state index is 0.0341. The van der Waals surface area contributed by atoms with Gasteiger partial charge in [0.2, 0.25) is 0 Å². The fourth-order valence-corrected chi connectivity index (χ4v) is 2.81. The van der Waals surface area contributed by atoms with E-state index in [1.807, 2.05) is 19.1 Å². The molecule has 3 rings (SSSR count). The van der Waals surface area contributed by atoms with Crippen molar-refractivity contribution in [3.8, 4) is 0 Å². The Hall–Kier alpha value is -2.95. The van der Waals surface area contributed by atoms with Crippen LogP contribution >= 0.6 is 0 Å². The fraction of sp³-hybridized carbons (Fsp3) is 0.286. The Morgan fingerprint density at radius 3 is 2.46 bits per heavy atom. The quantitative estimate of drug-likeness (QED) is 0.787. The lowest BCUT2D eigenvalue weighted by atomic mass is 9.86. The van der Waals surface area contributed by atoms with Crippen LogP contribution in [-0.2, 0) is 5.41 Å². The molecular weight excluding hydrogens is 326 g/mol. The normalized spacial score (nSPS) is 12.8. The molecule has 0 spiro atoms. The Kier molecular flexibility index (Phi) is 4.64. The lowest BCUT2D eigenvalue weighted by molar-refractivity contribution is 0.0938. The number of carbonyl (C=O) groups excluding carboxylic acids is 1. The van der Waals surface area contributed by atoms with Crippen LogP contribution in [0, 0.1) is 0 Å². The van der Waals surface area contributed by atoms with Crippen LogP contribution in [0.5, 0.6) is 0 Å². The van der Waals surface area contributed by atoms with Gasteiger partial charge in [0.25, 0.3) is 11.5 Å². The Bertz CT molecular complexity index is 998. The standard InChI is InChI=1S/C21H23N3O2/c1-14(15-8-10-16(11-9-15)21(2,3)4)23-19(25)17-13-22-18-7-5-6-12-24(18)20(17)26/h5-14H,1-4H3,(H,23,25). The van der Waals surface area contributed by atoms with Crippen molar-refractivity contribution >= 4 is 11.6 Å². The van der Waals surface area contributed by atoms with Crippen LogP contribution < -0.4 is 10.9 Å². The third-order valence-electron chi connectivity index (χ3n) is 4.48. The first-order valence-corrected chi connectivity index (χ1v) is 8.65. The van der Waals surface area contributed by atoms with Crippen molar-refractivity contribution in [2.45, 2.75) is 39.2 Å². The van der Waals surface area contributed by atoms with Crippen molar-refractivity contribution in [3.63, 3.8) is 0 Å². The number of aromatic nitrogens is 2. The maximum absolute atomic E-state index is 12.6. The van der Waals surface area contributed by atoms with Crippen molar-refractivity contribution in [2.24, 2.45) is 0 Å². The van der Waals surface area contributed by atoms with E-state index in [0.29, 0.717) is 5.65 Å². The summed E-state index contributed by atoms with van der Waals surface area (Å²) in [5.41, 5.74) is 2.48. The zero-order chi connectivity index (χ0) is 18.9. The van der Waals surface area contributed by atoms with Gasteiger partial charge < -0.3 is 5.32 Å². The van der Waals surface area contributed by atoms with E-state index in [1.54, 1.807) is 24.4 Å². The number of hydrogen-bond acceptors (Lipinski definition) is 3. The van der Waals surface area contributed by atoms with Crippen LogP contribution in [0.15, 0.2) is 59.7 Å². The summed E-state index contributed by atoms with van der Waals surface area (Å²) < 4.78 is 1.37. The third-order valence-corrected chi connectivity index (χ3v) is 4.48. The summed E-state index contributed by atoms with van der Waals surface area (Å²) in [5, 5.41) is 2.88. The Labute approximate surface area is 152 Å². The molecule has 2 heterocycles. The predicted octanol–water partition coefficient (Wildman–Crippen LogP) is 3.48. The number of benzene rings is 1. The van der Waals surface area contributed by atoms with E-state index in [4.69, 9.17) is 0 Å². The first kappa shape index (κ1) is 17.9. The molecule has 1 aromatic carbocycles. The highest BCUT2D eigenvalue weighted by molar-refractivity contribution is 5.94. The van der Waals surface area contributed by atoms with Crippen LogP contribution in [0.1, 0.15) is 55.2 Å². The van der Waals surface area contributed by atoms with Gasteiger partial charge in [-0.2, -0.15) is 0 Å². The highest BCUT2D eigenvalue weighted by Crippen LogP contribution is 2.23. The largest absolute Gasteiger partial charge is 0.345 e. The van der Waals surface area contributed by atoms with Gasteiger partial charge in [-0.25, -0.2) is 4.98 Å². The number of carbonyl (C=O) groups is 1. The summed E-state index contributed by atoms with van der Waals surface area (Å²) in [7, 11) is 0. The molecule has 1 atom stereocenters. The first-order valence-electron chi connectivity index (χ1n) is 8.65. The lowest BCUT2D eigenvalue weighted by Crippen LogP contribution is -2.33. The molecule has 0 saturated heterocycles. The van der Waals surface area contributed by atoms with E-state index < -0.39 is 5.91 Å². The molecule has 1 unspecified atom stereocenters. The van der Waals surface area contributed by atoms with Gasteiger partial charge in [-0.05, 0) is 35.6 Å². The molecule has 0 radical (unpaired) electrons. The fourth-order valence-electron chi connectivity index (χ4n) is 2.81. The summed E-state index contributed by atoms with van der Waals surface area (Å²) in [6.07, 6.45) is 2.94. The average molecular weight is 349 g/mol. The maximum atomic E-state index is 12.6. The number of nitrogens with zero attached hydrogens (tertiary/aromatic N) is 2. The Morgan fingerprint density at radius 1 is 1.12 bits per heavy atom. The highest BCUT2D eigenvalue weighted by atomic mass is 16.2. The van der Waals surface area contributed by atoms with Crippen LogP contribution in [0.25, 0.3) is 5.65 Å². The summed E-state index contributed by atoms with van der Waals surface area (Å²) in [4.78, 5) is 29.2. The van der Waals surface area contributed by atoms with Crippen LogP contribution in [0.4, 0.5) is 0 Å². The van der Waals surface area contributed by atoms with E-state index in [0.717, 1.165) is 5.56 Å². The molecule has 0 aliphatic carbocycles. The van der Waals surface area contributed by atoms with Gasteiger partial charge in [-0.1, -0.05) is 51.1 Å². The van der Waals surface area contributed by atoms with E-state index in [2.05, 4.69) is 43.2 Å². The molecule has 0 fully saturated rings. The zero-order valence-corrected chi connectivity index (χ0v) is 15.5. The number of amides is 1. The number of nitrogens with one attached hydrogen (secondary N) is 1. The molecule has 1 N–H and O–H groups in total. The monoisotopic (exact) mass is 349 g/mol. The average Bonchev–Trinajstić information content (AvgIpc) is 2.61. The Balaban J connectivity index is 1.81. The second-order valence-electron chi connectivity index (χ2n) is 7.47. The topological polar surface area (TPSA) is 63.5 Å². The van der Waals surface area contributed by atoms with Crippen molar-refractivity contribution in [3.05, 3.63) is 81.9 Å². The van der Waals surface area contributed by atoms with Gasteiger partial charge in [0.1, 0.15) is 11.2 Å². The van der Waals surface area contributed by atoms with Crippen LogP contribution in [-0.4, -0.2) is 15.3 Å². The summed E-state index contributed by atoms with van der Waals surface area (Å²) in [5.74, 6) is -0.423. The third kappa shape index (κ3) is 3.52. The summed E-state index contributed by atoms with van der Waals surface area (Å²) in [6.45, 7) is 8.38. The van der Waals surface area contributed by atoms with E-state index in [1.165, 1.54) is 16.2 Å². The van der Waals surface area contributed by atoms with E-state index in [-0.39, 0.29) is 22.6 Å². The molecule has 26 heavy (non-hydrogen) atoms. The second-order valence-corrected chi connectivity index (χ2v) is 7.47. The molecule has 0 aliphatic rings. The van der Waals surface area contributed by atoms with Crippen molar-refractivity contribution in [1.29, 1.82) is 0 Å². The van der Waals surface area contributed by atoms with Crippen LogP contribution in [0.3, 0.4) is 0 Å². The van der Waals surface area contributed by atoms with Crippen molar-refractivity contribution in [2.75, 3.05) is 0 Å². The number of pyridine rings is 1. The van der Waals surface area contributed by atoms with Crippen molar-refractivity contribution < 1.29 is 4.79 Å². The number of hydrogen-bond donors (Lipinski definition) is 1. The molecule has 134 valence electrons. The van der Waals surface area contributed by atoms with Crippen molar-refractivity contribution in [1.82, 2.24) is 14.7 Å². The Morgan fingerprint density at radius 2 is 1.81 bits per heavy atom. The molecule has 0 saturated carbocycles. The smallest absolute Gasteiger partial charge is 0.270 e. The SMILES string of the molecule is CC(NC(=O)c1cnc2ccccn2c1=O)c1ccc(C(C)(C)C)cc1. The molecule has 2 aromatic heterocycles. The van der Waals surface area contributed by atoms with E-state index >= 15 is 0 Å². The zero-order valence-electron chi connectivity index (χ0n) is 15.5. The van der Waals surface area contributed by atoms with Gasteiger partial charge in [0.15, 0.2) is 0 Å². The molecule has 5 heteroatoms. The van der Waals surface area contributed by atoms with E-state index in [9.17, 15) is 9.59 Å². The molecule has 0 aliphatic heterocycles. The molecule has 1 amide bonds. The molecule has 3 aromatic rings. The predicted molar refractivity (Wildman–Crippen MR) is 102 cm³/mol. The highest BCUT2D eigenvalue weighted by Gasteiger charge is 2.17.